The minimum atomic E-state index is -0.0203. The van der Waals surface area contributed by atoms with E-state index in [1.165, 1.54) is 56.8 Å². The van der Waals surface area contributed by atoms with Crippen LogP contribution in [0.15, 0.2) is 42.5 Å². The van der Waals surface area contributed by atoms with Crippen molar-refractivity contribution in [1.82, 2.24) is 5.32 Å². The Morgan fingerprint density at radius 3 is 2.36 bits per heavy atom. The summed E-state index contributed by atoms with van der Waals surface area (Å²) in [5.41, 5.74) is 0. The maximum absolute atomic E-state index is 12.1. The highest BCUT2D eigenvalue weighted by Gasteiger charge is 2.12. The molecule has 1 fully saturated rings. The van der Waals surface area contributed by atoms with E-state index in [0.717, 1.165) is 17.7 Å². The molecule has 1 amide bonds. The van der Waals surface area contributed by atoms with Gasteiger partial charge in [-0.1, -0.05) is 68.9 Å². The molecule has 0 saturated heterocycles. The fourth-order valence-corrected chi connectivity index (χ4v) is 3.64. The van der Waals surface area contributed by atoms with Gasteiger partial charge in [-0.15, -0.1) is 0 Å². The molecule has 1 aliphatic rings. The number of carbonyl (C=O) groups is 1. The SMILES string of the molecule is O=C(COc1ccc2ccccc2c1)NCC1CCCCCCCC1. The van der Waals surface area contributed by atoms with E-state index in [1.807, 2.05) is 30.3 Å². The van der Waals surface area contributed by atoms with Crippen LogP contribution in [0, 0.1) is 5.92 Å². The summed E-state index contributed by atoms with van der Waals surface area (Å²) in [7, 11) is 0. The van der Waals surface area contributed by atoms with Crippen molar-refractivity contribution in [2.24, 2.45) is 5.92 Å². The molecule has 1 aliphatic carbocycles. The molecule has 0 atom stereocenters. The molecule has 0 radical (unpaired) electrons. The number of hydrogen-bond acceptors (Lipinski definition) is 2. The summed E-state index contributed by atoms with van der Waals surface area (Å²) >= 11 is 0. The highest BCUT2D eigenvalue weighted by atomic mass is 16.5. The van der Waals surface area contributed by atoms with Crippen LogP contribution in [0.3, 0.4) is 0 Å². The average Bonchev–Trinajstić information content (AvgIpc) is 2.78. The van der Waals surface area contributed by atoms with Crippen molar-refractivity contribution >= 4 is 16.7 Å². The predicted molar refractivity (Wildman–Crippen MR) is 103 cm³/mol. The minimum absolute atomic E-state index is 0.0203. The summed E-state index contributed by atoms with van der Waals surface area (Å²) in [6, 6.07) is 14.1. The zero-order valence-corrected chi connectivity index (χ0v) is 15.0. The number of nitrogens with one attached hydrogen (secondary N) is 1. The van der Waals surface area contributed by atoms with Gasteiger partial charge in [-0.3, -0.25) is 4.79 Å². The lowest BCUT2D eigenvalue weighted by Gasteiger charge is -2.16. The molecule has 1 saturated carbocycles. The summed E-state index contributed by atoms with van der Waals surface area (Å²) in [6.07, 6.45) is 10.5. The topological polar surface area (TPSA) is 38.3 Å². The van der Waals surface area contributed by atoms with Crippen molar-refractivity contribution in [3.05, 3.63) is 42.5 Å². The van der Waals surface area contributed by atoms with Crippen LogP contribution in [0.5, 0.6) is 5.75 Å². The van der Waals surface area contributed by atoms with E-state index in [1.54, 1.807) is 0 Å². The first-order valence-corrected chi connectivity index (χ1v) is 9.69. The van der Waals surface area contributed by atoms with Gasteiger partial charge in [0, 0.05) is 6.54 Å². The second-order valence-corrected chi connectivity index (χ2v) is 7.17. The standard InChI is InChI=1S/C22H29NO2/c24-22(23-16-18-9-5-3-1-2-4-6-10-18)17-25-21-14-13-19-11-7-8-12-20(19)15-21/h7-8,11-15,18H,1-6,9-10,16-17H2,(H,23,24). The van der Waals surface area contributed by atoms with Gasteiger partial charge in [0.15, 0.2) is 6.61 Å². The summed E-state index contributed by atoms with van der Waals surface area (Å²) in [4.78, 5) is 12.1. The molecule has 0 spiro atoms. The Kier molecular flexibility index (Phi) is 6.72. The van der Waals surface area contributed by atoms with Gasteiger partial charge in [-0.25, -0.2) is 0 Å². The molecule has 0 bridgehead atoms. The lowest BCUT2D eigenvalue weighted by atomic mass is 9.97. The number of ether oxygens (including phenoxy) is 1. The molecule has 0 aromatic heterocycles. The first kappa shape index (κ1) is 17.8. The maximum Gasteiger partial charge on any atom is 0.257 e. The molecule has 1 N–H and O–H groups in total. The molecular weight excluding hydrogens is 310 g/mol. The van der Waals surface area contributed by atoms with E-state index in [2.05, 4.69) is 17.4 Å². The highest BCUT2D eigenvalue weighted by molar-refractivity contribution is 5.84. The van der Waals surface area contributed by atoms with Gasteiger partial charge in [0.2, 0.25) is 0 Å². The number of carbonyl (C=O) groups excluding carboxylic acids is 1. The smallest absolute Gasteiger partial charge is 0.257 e. The molecule has 3 rings (SSSR count). The predicted octanol–water partition coefficient (Wildman–Crippen LogP) is 5.09. The van der Waals surface area contributed by atoms with E-state index in [-0.39, 0.29) is 12.5 Å². The molecular formula is C22H29NO2. The maximum atomic E-state index is 12.1. The second kappa shape index (κ2) is 9.45. The van der Waals surface area contributed by atoms with Crippen LogP contribution in [-0.2, 0) is 4.79 Å². The quantitative estimate of drug-likeness (QED) is 0.824. The van der Waals surface area contributed by atoms with E-state index >= 15 is 0 Å². The fraction of sp³-hybridized carbons (Fsp3) is 0.500. The van der Waals surface area contributed by atoms with Crippen molar-refractivity contribution < 1.29 is 9.53 Å². The van der Waals surface area contributed by atoms with Gasteiger partial charge in [0.25, 0.3) is 5.91 Å². The largest absolute Gasteiger partial charge is 0.484 e. The van der Waals surface area contributed by atoms with E-state index in [0.29, 0.717) is 5.92 Å². The molecule has 0 unspecified atom stereocenters. The van der Waals surface area contributed by atoms with Crippen molar-refractivity contribution in [2.45, 2.75) is 51.4 Å². The third kappa shape index (κ3) is 5.77. The van der Waals surface area contributed by atoms with E-state index in [9.17, 15) is 4.79 Å². The van der Waals surface area contributed by atoms with Gasteiger partial charge >= 0.3 is 0 Å². The monoisotopic (exact) mass is 339 g/mol. The Morgan fingerprint density at radius 2 is 1.60 bits per heavy atom. The molecule has 2 aromatic rings. The number of rotatable bonds is 5. The van der Waals surface area contributed by atoms with Crippen molar-refractivity contribution in [3.63, 3.8) is 0 Å². The van der Waals surface area contributed by atoms with Crippen LogP contribution in [0.2, 0.25) is 0 Å². The average molecular weight is 339 g/mol. The molecule has 0 heterocycles. The van der Waals surface area contributed by atoms with Crippen LogP contribution in [0.25, 0.3) is 10.8 Å². The lowest BCUT2D eigenvalue weighted by molar-refractivity contribution is -0.123. The van der Waals surface area contributed by atoms with E-state index < -0.39 is 0 Å². The zero-order valence-electron chi connectivity index (χ0n) is 15.0. The van der Waals surface area contributed by atoms with Crippen LogP contribution >= 0.6 is 0 Å². The summed E-state index contributed by atoms with van der Waals surface area (Å²) in [5.74, 6) is 1.35. The molecule has 0 aliphatic heterocycles. The highest BCUT2D eigenvalue weighted by Crippen LogP contribution is 2.22. The lowest BCUT2D eigenvalue weighted by Crippen LogP contribution is -2.33. The zero-order chi connectivity index (χ0) is 17.3. The molecule has 2 aromatic carbocycles. The molecule has 134 valence electrons. The third-order valence-corrected chi connectivity index (χ3v) is 5.15. The Hall–Kier alpha value is -2.03. The van der Waals surface area contributed by atoms with Gasteiger partial charge in [-0.05, 0) is 41.7 Å². The second-order valence-electron chi connectivity index (χ2n) is 7.17. The Balaban J connectivity index is 1.43. The summed E-state index contributed by atoms with van der Waals surface area (Å²) < 4.78 is 5.67. The number of amides is 1. The normalized spacial score (nSPS) is 16.6. The van der Waals surface area contributed by atoms with Crippen LogP contribution in [-0.4, -0.2) is 19.1 Å². The summed E-state index contributed by atoms with van der Waals surface area (Å²) in [6.45, 7) is 0.880. The number of hydrogen-bond donors (Lipinski definition) is 1. The number of fused-ring (bicyclic) bond motifs is 1. The fourth-order valence-electron chi connectivity index (χ4n) is 3.64. The molecule has 25 heavy (non-hydrogen) atoms. The van der Waals surface area contributed by atoms with Gasteiger partial charge in [0.05, 0.1) is 0 Å². The van der Waals surface area contributed by atoms with Gasteiger partial charge in [-0.2, -0.15) is 0 Å². The van der Waals surface area contributed by atoms with E-state index in [4.69, 9.17) is 4.74 Å². The Morgan fingerprint density at radius 1 is 0.920 bits per heavy atom. The summed E-state index contributed by atoms with van der Waals surface area (Å²) in [5, 5.41) is 5.38. The van der Waals surface area contributed by atoms with Crippen LogP contribution in [0.4, 0.5) is 0 Å². The van der Waals surface area contributed by atoms with Gasteiger partial charge < -0.3 is 10.1 Å². The Bertz CT molecular complexity index is 673. The minimum Gasteiger partial charge on any atom is -0.484 e. The van der Waals surface area contributed by atoms with Crippen molar-refractivity contribution in [2.75, 3.05) is 13.2 Å². The van der Waals surface area contributed by atoms with Crippen molar-refractivity contribution in [1.29, 1.82) is 0 Å². The molecule has 3 nitrogen and oxygen atoms in total. The number of benzene rings is 2. The third-order valence-electron chi connectivity index (χ3n) is 5.15. The van der Waals surface area contributed by atoms with Gasteiger partial charge in [0.1, 0.15) is 5.75 Å². The van der Waals surface area contributed by atoms with Crippen LogP contribution in [0.1, 0.15) is 51.4 Å². The first-order valence-electron chi connectivity index (χ1n) is 9.69. The molecule has 3 heteroatoms. The van der Waals surface area contributed by atoms with Crippen LogP contribution < -0.4 is 10.1 Å². The van der Waals surface area contributed by atoms with Crippen molar-refractivity contribution in [3.8, 4) is 5.75 Å². The Labute approximate surface area is 150 Å². The first-order chi connectivity index (χ1) is 12.3.